The lowest BCUT2D eigenvalue weighted by molar-refractivity contribution is -0.0205. The Morgan fingerprint density at radius 2 is 2.00 bits per heavy atom. The van der Waals surface area contributed by atoms with E-state index in [1.165, 1.54) is 64.3 Å². The van der Waals surface area contributed by atoms with Crippen LogP contribution in [-0.2, 0) is 0 Å². The van der Waals surface area contributed by atoms with E-state index in [-0.39, 0.29) is 0 Å². The Balaban J connectivity index is 2.10. The molecule has 2 aliphatic rings. The van der Waals surface area contributed by atoms with E-state index in [1.54, 1.807) is 0 Å². The van der Waals surface area contributed by atoms with Gasteiger partial charge in [-0.05, 0) is 56.9 Å². The molecule has 2 nitrogen and oxygen atoms in total. The fourth-order valence-electron chi connectivity index (χ4n) is 4.94. The third-order valence-electron chi connectivity index (χ3n) is 5.82. The zero-order valence-electron chi connectivity index (χ0n) is 14.0. The molecule has 2 fully saturated rings. The van der Waals surface area contributed by atoms with Crippen LogP contribution >= 0.6 is 0 Å². The Bertz CT molecular complexity index is 289. The summed E-state index contributed by atoms with van der Waals surface area (Å²) in [6.07, 6.45) is 12.4. The van der Waals surface area contributed by atoms with Gasteiger partial charge in [-0.3, -0.25) is 4.90 Å². The van der Waals surface area contributed by atoms with Crippen molar-refractivity contribution < 1.29 is 0 Å². The van der Waals surface area contributed by atoms with Gasteiger partial charge in [-0.2, -0.15) is 0 Å². The molecule has 1 saturated heterocycles. The zero-order valence-corrected chi connectivity index (χ0v) is 14.0. The number of hydrogen-bond donors (Lipinski definition) is 1. The van der Waals surface area contributed by atoms with E-state index in [2.05, 4.69) is 25.7 Å². The molecule has 0 spiro atoms. The third-order valence-corrected chi connectivity index (χ3v) is 5.82. The molecule has 1 saturated carbocycles. The normalized spacial score (nSPS) is 36.5. The van der Waals surface area contributed by atoms with Gasteiger partial charge in [0.15, 0.2) is 0 Å². The minimum absolute atomic E-state index is 0.332. The van der Waals surface area contributed by atoms with Gasteiger partial charge < -0.3 is 5.73 Å². The fraction of sp³-hybridized carbons (Fsp3) is 1.00. The average molecular weight is 280 g/mol. The number of piperidine rings is 1. The van der Waals surface area contributed by atoms with Gasteiger partial charge >= 0.3 is 0 Å². The minimum Gasteiger partial charge on any atom is -0.329 e. The Kier molecular flexibility index (Phi) is 5.92. The first-order chi connectivity index (χ1) is 9.61. The van der Waals surface area contributed by atoms with Crippen molar-refractivity contribution in [1.82, 2.24) is 4.90 Å². The molecule has 2 heteroatoms. The highest BCUT2D eigenvalue weighted by atomic mass is 15.2. The van der Waals surface area contributed by atoms with Crippen molar-refractivity contribution in [3.63, 3.8) is 0 Å². The van der Waals surface area contributed by atoms with E-state index in [0.717, 1.165) is 24.4 Å². The van der Waals surface area contributed by atoms with Gasteiger partial charge in [0.25, 0.3) is 0 Å². The molecule has 20 heavy (non-hydrogen) atoms. The first kappa shape index (κ1) is 16.3. The Morgan fingerprint density at radius 3 is 2.65 bits per heavy atom. The monoisotopic (exact) mass is 280 g/mol. The first-order valence-electron chi connectivity index (χ1n) is 9.08. The van der Waals surface area contributed by atoms with Gasteiger partial charge in [0.1, 0.15) is 0 Å². The smallest absolute Gasteiger partial charge is 0.0337 e. The molecule has 118 valence electrons. The topological polar surface area (TPSA) is 29.3 Å². The number of rotatable bonds is 5. The largest absolute Gasteiger partial charge is 0.329 e. The van der Waals surface area contributed by atoms with Crippen molar-refractivity contribution in [2.75, 3.05) is 13.1 Å². The van der Waals surface area contributed by atoms with Crippen LogP contribution in [0.3, 0.4) is 0 Å². The molecular weight excluding hydrogens is 244 g/mol. The molecule has 3 unspecified atom stereocenters. The minimum atomic E-state index is 0.332. The van der Waals surface area contributed by atoms with E-state index in [1.807, 2.05) is 0 Å². The summed E-state index contributed by atoms with van der Waals surface area (Å²) < 4.78 is 0. The van der Waals surface area contributed by atoms with Crippen LogP contribution in [0.4, 0.5) is 0 Å². The van der Waals surface area contributed by atoms with Gasteiger partial charge in [0.2, 0.25) is 0 Å². The maximum absolute atomic E-state index is 6.34. The summed E-state index contributed by atoms with van der Waals surface area (Å²) in [7, 11) is 0. The summed E-state index contributed by atoms with van der Waals surface area (Å²) >= 11 is 0. The zero-order chi connectivity index (χ0) is 14.6. The Morgan fingerprint density at radius 1 is 1.20 bits per heavy atom. The lowest BCUT2D eigenvalue weighted by Crippen LogP contribution is -2.61. The van der Waals surface area contributed by atoms with Gasteiger partial charge in [0.05, 0.1) is 0 Å². The van der Waals surface area contributed by atoms with Crippen LogP contribution in [0.1, 0.15) is 78.6 Å². The SMILES string of the molecule is CCC1CCCCN1C1(CN)CCCC(CC(C)C)C1. The molecule has 0 aromatic rings. The summed E-state index contributed by atoms with van der Waals surface area (Å²) in [6.45, 7) is 9.27. The van der Waals surface area contributed by atoms with E-state index in [9.17, 15) is 0 Å². The number of nitrogens with two attached hydrogens (primary N) is 1. The summed E-state index contributed by atoms with van der Waals surface area (Å²) in [5.41, 5.74) is 6.67. The van der Waals surface area contributed by atoms with Gasteiger partial charge in [-0.25, -0.2) is 0 Å². The molecule has 1 aliphatic carbocycles. The van der Waals surface area contributed by atoms with E-state index < -0.39 is 0 Å². The van der Waals surface area contributed by atoms with Crippen LogP contribution in [0.2, 0.25) is 0 Å². The summed E-state index contributed by atoms with van der Waals surface area (Å²) in [6, 6.07) is 0.796. The van der Waals surface area contributed by atoms with Crippen molar-refractivity contribution in [2.24, 2.45) is 17.6 Å². The average Bonchev–Trinajstić information content (AvgIpc) is 2.46. The number of likely N-dealkylation sites (tertiary alicyclic amines) is 1. The lowest BCUT2D eigenvalue weighted by Gasteiger charge is -2.53. The van der Waals surface area contributed by atoms with Crippen LogP contribution in [-0.4, -0.2) is 29.6 Å². The highest BCUT2D eigenvalue weighted by Gasteiger charge is 2.43. The lowest BCUT2D eigenvalue weighted by atomic mass is 9.71. The molecule has 1 aliphatic heterocycles. The standard InChI is InChI=1S/C18H36N2/c1-4-17-9-5-6-11-20(17)18(14-19)10-7-8-16(13-18)12-15(2)3/h15-17H,4-14,19H2,1-3H3. The molecule has 2 rings (SSSR count). The summed E-state index contributed by atoms with van der Waals surface area (Å²) in [5.74, 6) is 1.74. The second-order valence-electron chi connectivity index (χ2n) is 7.77. The van der Waals surface area contributed by atoms with Gasteiger partial charge in [-0.15, -0.1) is 0 Å². The summed E-state index contributed by atoms with van der Waals surface area (Å²) in [4.78, 5) is 2.85. The predicted molar refractivity (Wildman–Crippen MR) is 87.8 cm³/mol. The van der Waals surface area contributed by atoms with Crippen molar-refractivity contribution in [3.8, 4) is 0 Å². The highest BCUT2D eigenvalue weighted by molar-refractivity contribution is 5.00. The molecule has 1 heterocycles. The molecule has 0 radical (unpaired) electrons. The van der Waals surface area contributed by atoms with Gasteiger partial charge in [-0.1, -0.05) is 40.0 Å². The molecule has 2 N–H and O–H groups in total. The molecule has 0 amide bonds. The molecule has 0 aromatic carbocycles. The van der Waals surface area contributed by atoms with Crippen molar-refractivity contribution >= 4 is 0 Å². The quantitative estimate of drug-likeness (QED) is 0.818. The number of nitrogens with zero attached hydrogens (tertiary/aromatic N) is 1. The van der Waals surface area contributed by atoms with Crippen LogP contribution < -0.4 is 5.73 Å². The van der Waals surface area contributed by atoms with Gasteiger partial charge in [0, 0.05) is 18.1 Å². The van der Waals surface area contributed by atoms with E-state index in [4.69, 9.17) is 5.73 Å². The Hall–Kier alpha value is -0.0800. The van der Waals surface area contributed by atoms with Crippen LogP contribution in [0.15, 0.2) is 0 Å². The van der Waals surface area contributed by atoms with Crippen LogP contribution in [0, 0.1) is 11.8 Å². The Labute approximate surface area is 126 Å². The third kappa shape index (κ3) is 3.57. The molecule has 0 bridgehead atoms. The maximum Gasteiger partial charge on any atom is 0.0337 e. The van der Waals surface area contributed by atoms with Crippen molar-refractivity contribution in [2.45, 2.75) is 90.1 Å². The van der Waals surface area contributed by atoms with E-state index >= 15 is 0 Å². The van der Waals surface area contributed by atoms with Crippen molar-refractivity contribution in [3.05, 3.63) is 0 Å². The highest BCUT2D eigenvalue weighted by Crippen LogP contribution is 2.42. The molecular formula is C18H36N2. The predicted octanol–water partition coefficient (Wildman–Crippen LogP) is 4.18. The molecule has 3 atom stereocenters. The van der Waals surface area contributed by atoms with E-state index in [0.29, 0.717) is 5.54 Å². The van der Waals surface area contributed by atoms with Crippen LogP contribution in [0.5, 0.6) is 0 Å². The second-order valence-corrected chi connectivity index (χ2v) is 7.77. The second kappa shape index (κ2) is 7.26. The van der Waals surface area contributed by atoms with Crippen molar-refractivity contribution in [1.29, 1.82) is 0 Å². The van der Waals surface area contributed by atoms with Crippen LogP contribution in [0.25, 0.3) is 0 Å². The summed E-state index contributed by atoms with van der Waals surface area (Å²) in [5, 5.41) is 0. The number of hydrogen-bond acceptors (Lipinski definition) is 2. The fourth-order valence-corrected chi connectivity index (χ4v) is 4.94. The molecule has 0 aromatic heterocycles. The first-order valence-corrected chi connectivity index (χ1v) is 9.08. The maximum atomic E-state index is 6.34.